The molecule has 0 aromatic heterocycles. The average molecular weight is 229 g/mol. The molecule has 4 nitrogen and oxygen atoms in total. The Kier molecular flexibility index (Phi) is 3.06. The van der Waals surface area contributed by atoms with Gasteiger partial charge < -0.3 is 5.73 Å². The highest BCUT2D eigenvalue weighted by molar-refractivity contribution is 7.85. The van der Waals surface area contributed by atoms with Crippen molar-refractivity contribution in [3.05, 3.63) is 23.3 Å². The summed E-state index contributed by atoms with van der Waals surface area (Å²) >= 11 is 0. The van der Waals surface area contributed by atoms with Crippen LogP contribution in [0.4, 0.5) is 5.69 Å². The first kappa shape index (κ1) is 12.0. The fourth-order valence-electron chi connectivity index (χ4n) is 1.39. The lowest BCUT2D eigenvalue weighted by Crippen LogP contribution is -2.06. The molecule has 0 bridgehead atoms. The summed E-state index contributed by atoms with van der Waals surface area (Å²) in [5.41, 5.74) is 7.42. The molecular formula is C10H15NO3S. The number of benzene rings is 1. The van der Waals surface area contributed by atoms with Gasteiger partial charge in [-0.2, -0.15) is 8.42 Å². The van der Waals surface area contributed by atoms with Crippen LogP contribution in [0, 0.1) is 6.92 Å². The molecule has 5 heteroatoms. The summed E-state index contributed by atoms with van der Waals surface area (Å²) in [6.45, 7) is 5.39. The smallest absolute Gasteiger partial charge is 0.294 e. The molecule has 1 rings (SSSR count). The summed E-state index contributed by atoms with van der Waals surface area (Å²) in [4.78, 5) is -0.0517. The van der Waals surface area contributed by atoms with Gasteiger partial charge in [0.25, 0.3) is 10.1 Å². The van der Waals surface area contributed by atoms with Crippen molar-refractivity contribution in [3.8, 4) is 0 Å². The molecule has 0 saturated carbocycles. The monoisotopic (exact) mass is 229 g/mol. The van der Waals surface area contributed by atoms with Crippen LogP contribution >= 0.6 is 0 Å². The lowest BCUT2D eigenvalue weighted by Gasteiger charge is -2.13. The van der Waals surface area contributed by atoms with E-state index in [2.05, 4.69) is 0 Å². The Morgan fingerprint density at radius 2 is 1.87 bits per heavy atom. The van der Waals surface area contributed by atoms with Gasteiger partial charge in [0.15, 0.2) is 0 Å². The van der Waals surface area contributed by atoms with Gasteiger partial charge in [0, 0.05) is 5.69 Å². The molecule has 0 aliphatic heterocycles. The number of anilines is 1. The van der Waals surface area contributed by atoms with Gasteiger partial charge in [0.05, 0.1) is 4.90 Å². The first-order valence-corrected chi connectivity index (χ1v) is 6.05. The average Bonchev–Trinajstić information content (AvgIpc) is 2.06. The standard InChI is InChI=1S/C10H15NO3S/c1-6(2)8-5-9(11)7(3)4-10(8)15(12,13)14/h4-6H,11H2,1-3H3,(H,12,13,14). The highest BCUT2D eigenvalue weighted by atomic mass is 32.2. The molecule has 0 amide bonds. The van der Waals surface area contributed by atoms with E-state index in [1.165, 1.54) is 6.07 Å². The number of rotatable bonds is 2. The summed E-state index contributed by atoms with van der Waals surface area (Å²) < 4.78 is 31.3. The van der Waals surface area contributed by atoms with E-state index in [1.54, 1.807) is 13.0 Å². The van der Waals surface area contributed by atoms with Crippen molar-refractivity contribution in [2.24, 2.45) is 0 Å². The number of hydrogen-bond acceptors (Lipinski definition) is 3. The normalized spacial score (nSPS) is 12.1. The molecule has 0 unspecified atom stereocenters. The van der Waals surface area contributed by atoms with Crippen LogP contribution in [0.3, 0.4) is 0 Å². The number of nitrogen functional groups attached to an aromatic ring is 1. The minimum absolute atomic E-state index is 0.00942. The summed E-state index contributed by atoms with van der Waals surface area (Å²) in [6.07, 6.45) is 0. The van der Waals surface area contributed by atoms with E-state index in [1.807, 2.05) is 13.8 Å². The molecule has 1 aromatic rings. The van der Waals surface area contributed by atoms with Crippen LogP contribution < -0.4 is 5.73 Å². The molecule has 0 spiro atoms. The van der Waals surface area contributed by atoms with E-state index >= 15 is 0 Å². The van der Waals surface area contributed by atoms with E-state index in [-0.39, 0.29) is 10.8 Å². The van der Waals surface area contributed by atoms with Crippen LogP contribution in [0.25, 0.3) is 0 Å². The molecule has 3 N–H and O–H groups in total. The maximum Gasteiger partial charge on any atom is 0.294 e. The molecule has 0 heterocycles. The number of nitrogens with two attached hydrogens (primary N) is 1. The van der Waals surface area contributed by atoms with Crippen LogP contribution in [0.2, 0.25) is 0 Å². The van der Waals surface area contributed by atoms with Gasteiger partial charge in [-0.15, -0.1) is 0 Å². The Morgan fingerprint density at radius 3 is 2.27 bits per heavy atom. The fourth-order valence-corrected chi connectivity index (χ4v) is 2.31. The summed E-state index contributed by atoms with van der Waals surface area (Å²) in [6, 6.07) is 3.00. The zero-order chi connectivity index (χ0) is 11.8. The topological polar surface area (TPSA) is 80.4 Å². The largest absolute Gasteiger partial charge is 0.399 e. The van der Waals surface area contributed by atoms with Gasteiger partial charge in [-0.1, -0.05) is 13.8 Å². The van der Waals surface area contributed by atoms with Crippen molar-refractivity contribution in [1.29, 1.82) is 0 Å². The number of aryl methyl sites for hydroxylation is 1. The van der Waals surface area contributed by atoms with E-state index in [0.29, 0.717) is 16.8 Å². The highest BCUT2D eigenvalue weighted by Gasteiger charge is 2.18. The minimum Gasteiger partial charge on any atom is -0.399 e. The maximum atomic E-state index is 11.1. The number of hydrogen-bond donors (Lipinski definition) is 2. The predicted molar refractivity (Wildman–Crippen MR) is 59.5 cm³/mol. The molecule has 0 aliphatic carbocycles. The Balaban J connectivity index is 3.56. The quantitative estimate of drug-likeness (QED) is 0.600. The molecular weight excluding hydrogens is 214 g/mol. The summed E-state index contributed by atoms with van der Waals surface area (Å²) in [7, 11) is -4.17. The molecule has 0 atom stereocenters. The van der Waals surface area contributed by atoms with Crippen molar-refractivity contribution < 1.29 is 13.0 Å². The van der Waals surface area contributed by atoms with Crippen LogP contribution in [-0.2, 0) is 10.1 Å². The second-order valence-corrected chi connectivity index (χ2v) is 5.27. The maximum absolute atomic E-state index is 11.1. The molecule has 84 valence electrons. The molecule has 0 aliphatic rings. The molecule has 1 aromatic carbocycles. The Bertz CT molecular complexity index is 478. The van der Waals surface area contributed by atoms with Crippen LogP contribution in [0.15, 0.2) is 17.0 Å². The SMILES string of the molecule is Cc1cc(S(=O)(=O)O)c(C(C)C)cc1N. The van der Waals surface area contributed by atoms with Crippen LogP contribution in [0.1, 0.15) is 30.9 Å². The van der Waals surface area contributed by atoms with E-state index in [4.69, 9.17) is 10.3 Å². The zero-order valence-electron chi connectivity index (χ0n) is 8.98. The predicted octanol–water partition coefficient (Wildman–Crippen LogP) is 1.95. The highest BCUT2D eigenvalue weighted by Crippen LogP contribution is 2.28. The van der Waals surface area contributed by atoms with Gasteiger partial charge >= 0.3 is 0 Å². The third kappa shape index (κ3) is 2.49. The van der Waals surface area contributed by atoms with Crippen LogP contribution in [0.5, 0.6) is 0 Å². The summed E-state index contributed by atoms with van der Waals surface area (Å²) in [5.74, 6) is -0.00942. The van der Waals surface area contributed by atoms with Crippen molar-refractivity contribution in [2.75, 3.05) is 5.73 Å². The third-order valence-electron chi connectivity index (χ3n) is 2.30. The van der Waals surface area contributed by atoms with Crippen molar-refractivity contribution in [2.45, 2.75) is 31.6 Å². The first-order valence-electron chi connectivity index (χ1n) is 4.61. The Morgan fingerprint density at radius 1 is 1.33 bits per heavy atom. The first-order chi connectivity index (χ1) is 6.73. The molecule has 0 fully saturated rings. The van der Waals surface area contributed by atoms with E-state index in [9.17, 15) is 8.42 Å². The second kappa shape index (κ2) is 3.83. The van der Waals surface area contributed by atoms with E-state index in [0.717, 1.165) is 0 Å². The summed E-state index contributed by atoms with van der Waals surface area (Å²) in [5, 5.41) is 0. The minimum atomic E-state index is -4.17. The van der Waals surface area contributed by atoms with Crippen molar-refractivity contribution in [3.63, 3.8) is 0 Å². The molecule has 15 heavy (non-hydrogen) atoms. The van der Waals surface area contributed by atoms with Gasteiger partial charge in [0.1, 0.15) is 0 Å². The van der Waals surface area contributed by atoms with Gasteiger partial charge in [-0.05, 0) is 36.1 Å². The second-order valence-electron chi connectivity index (χ2n) is 3.88. The zero-order valence-corrected chi connectivity index (χ0v) is 9.80. The molecule has 0 radical (unpaired) electrons. The van der Waals surface area contributed by atoms with Crippen LogP contribution in [-0.4, -0.2) is 13.0 Å². The molecule has 0 saturated heterocycles. The van der Waals surface area contributed by atoms with Crippen molar-refractivity contribution in [1.82, 2.24) is 0 Å². The van der Waals surface area contributed by atoms with Crippen molar-refractivity contribution >= 4 is 15.8 Å². The fraction of sp³-hybridized carbons (Fsp3) is 0.400. The third-order valence-corrected chi connectivity index (χ3v) is 3.21. The van der Waals surface area contributed by atoms with Gasteiger partial charge in [-0.3, -0.25) is 4.55 Å². The van der Waals surface area contributed by atoms with Gasteiger partial charge in [-0.25, -0.2) is 0 Å². The Labute approximate surface area is 89.9 Å². The van der Waals surface area contributed by atoms with Gasteiger partial charge in [0.2, 0.25) is 0 Å². The Hall–Kier alpha value is -1.07. The lowest BCUT2D eigenvalue weighted by atomic mass is 10.0. The lowest BCUT2D eigenvalue weighted by molar-refractivity contribution is 0.481. The van der Waals surface area contributed by atoms with E-state index < -0.39 is 10.1 Å².